The van der Waals surface area contributed by atoms with Crippen molar-refractivity contribution >= 4 is 23.3 Å². The van der Waals surface area contributed by atoms with Crippen LogP contribution in [0.15, 0.2) is 36.2 Å². The molecule has 1 aromatic heterocycles. The number of nitrogens with zero attached hydrogens (tertiary/aromatic N) is 2. The molecule has 0 bridgehead atoms. The first-order valence-electron chi connectivity index (χ1n) is 9.44. The minimum Gasteiger partial charge on any atom is -0.401 e. The first kappa shape index (κ1) is 19.5. The molecule has 6 N–H and O–H groups in total. The topological polar surface area (TPSA) is 104 Å². The molecule has 2 aromatic rings. The van der Waals surface area contributed by atoms with Crippen LogP contribution in [0.4, 0.5) is 5.82 Å². The minimum atomic E-state index is 0.0932. The van der Waals surface area contributed by atoms with Crippen LogP contribution in [0.25, 0.3) is 11.3 Å². The number of benzene rings is 1. The molecule has 3 rings (SSSR count). The van der Waals surface area contributed by atoms with Gasteiger partial charge in [0.25, 0.3) is 0 Å². The SMILES string of the molecule is CN/C=C(\C=N)c1ccc2c(c1)C(Nc1cc(C)nn1C)CCN/C2=C(/C)N. The third kappa shape index (κ3) is 3.88. The zero-order chi connectivity index (χ0) is 20.3. The average molecular weight is 380 g/mol. The second-order valence-electron chi connectivity index (χ2n) is 7.10. The largest absolute Gasteiger partial charge is 0.401 e. The van der Waals surface area contributed by atoms with E-state index >= 15 is 0 Å². The smallest absolute Gasteiger partial charge is 0.124 e. The van der Waals surface area contributed by atoms with E-state index in [1.165, 1.54) is 6.21 Å². The van der Waals surface area contributed by atoms with Gasteiger partial charge in [0.2, 0.25) is 0 Å². The Kier molecular flexibility index (Phi) is 5.73. The van der Waals surface area contributed by atoms with Crippen LogP contribution in [0.5, 0.6) is 0 Å². The monoisotopic (exact) mass is 379 g/mol. The summed E-state index contributed by atoms with van der Waals surface area (Å²) in [6, 6.07) is 8.42. The molecule has 1 aliphatic rings. The van der Waals surface area contributed by atoms with Gasteiger partial charge in [-0.05, 0) is 37.5 Å². The molecular formula is C21H29N7. The second kappa shape index (κ2) is 8.21. The molecule has 0 spiro atoms. The highest BCUT2D eigenvalue weighted by molar-refractivity contribution is 6.08. The maximum absolute atomic E-state index is 7.75. The molecule has 0 radical (unpaired) electrons. The van der Waals surface area contributed by atoms with E-state index in [4.69, 9.17) is 11.1 Å². The second-order valence-corrected chi connectivity index (χ2v) is 7.10. The molecular weight excluding hydrogens is 350 g/mol. The lowest BCUT2D eigenvalue weighted by Gasteiger charge is -2.21. The summed E-state index contributed by atoms with van der Waals surface area (Å²) in [5.74, 6) is 0.980. The van der Waals surface area contributed by atoms with Crippen molar-refractivity contribution < 1.29 is 0 Å². The highest BCUT2D eigenvalue weighted by atomic mass is 15.3. The Morgan fingerprint density at radius 3 is 2.79 bits per heavy atom. The van der Waals surface area contributed by atoms with E-state index in [2.05, 4.69) is 39.2 Å². The van der Waals surface area contributed by atoms with Crippen molar-refractivity contribution in [1.29, 1.82) is 5.41 Å². The first-order valence-corrected chi connectivity index (χ1v) is 9.44. The predicted octanol–water partition coefficient (Wildman–Crippen LogP) is 2.73. The summed E-state index contributed by atoms with van der Waals surface area (Å²) in [4.78, 5) is 0. The Hall–Kier alpha value is -3.22. The molecule has 148 valence electrons. The number of allylic oxidation sites excluding steroid dienone is 2. The third-order valence-corrected chi connectivity index (χ3v) is 4.94. The highest BCUT2D eigenvalue weighted by Crippen LogP contribution is 2.34. The maximum Gasteiger partial charge on any atom is 0.124 e. The summed E-state index contributed by atoms with van der Waals surface area (Å²) >= 11 is 0. The minimum absolute atomic E-state index is 0.0932. The van der Waals surface area contributed by atoms with Crippen molar-refractivity contribution in [2.45, 2.75) is 26.3 Å². The maximum atomic E-state index is 7.75. The van der Waals surface area contributed by atoms with Gasteiger partial charge in [0, 0.05) is 56.0 Å². The van der Waals surface area contributed by atoms with Gasteiger partial charge in [-0.15, -0.1) is 0 Å². The Morgan fingerprint density at radius 2 is 2.18 bits per heavy atom. The van der Waals surface area contributed by atoms with E-state index in [1.807, 2.05) is 44.9 Å². The van der Waals surface area contributed by atoms with Gasteiger partial charge in [-0.1, -0.05) is 12.1 Å². The molecule has 2 heterocycles. The molecule has 1 atom stereocenters. The van der Waals surface area contributed by atoms with Gasteiger partial charge in [-0.3, -0.25) is 4.68 Å². The fourth-order valence-electron chi connectivity index (χ4n) is 3.64. The van der Waals surface area contributed by atoms with Crippen LogP contribution in [0, 0.1) is 12.3 Å². The number of nitrogens with one attached hydrogen (secondary N) is 4. The molecule has 0 saturated heterocycles. The van der Waals surface area contributed by atoms with E-state index in [0.717, 1.165) is 58.1 Å². The molecule has 7 nitrogen and oxygen atoms in total. The molecule has 0 aliphatic carbocycles. The normalized spacial score (nSPS) is 18.6. The van der Waals surface area contributed by atoms with Crippen LogP contribution in [0.1, 0.15) is 41.8 Å². The van der Waals surface area contributed by atoms with Crippen LogP contribution in [0.2, 0.25) is 0 Å². The average Bonchev–Trinajstić information content (AvgIpc) is 2.87. The zero-order valence-electron chi connectivity index (χ0n) is 16.9. The molecule has 1 unspecified atom stereocenters. The number of hydrogen-bond donors (Lipinski definition) is 5. The molecule has 7 heteroatoms. The van der Waals surface area contributed by atoms with Crippen LogP contribution < -0.4 is 21.7 Å². The lowest BCUT2D eigenvalue weighted by Crippen LogP contribution is -2.17. The summed E-state index contributed by atoms with van der Waals surface area (Å²) < 4.78 is 1.87. The summed E-state index contributed by atoms with van der Waals surface area (Å²) in [6.07, 6.45) is 4.10. The van der Waals surface area contributed by atoms with Gasteiger partial charge in [-0.2, -0.15) is 5.10 Å². The quantitative estimate of drug-likeness (QED) is 0.514. The van der Waals surface area contributed by atoms with Crippen molar-refractivity contribution in [2.24, 2.45) is 12.8 Å². The number of aryl methyl sites for hydroxylation is 2. The molecule has 28 heavy (non-hydrogen) atoms. The number of fused-ring (bicyclic) bond motifs is 1. The molecule has 1 aromatic carbocycles. The number of nitrogens with two attached hydrogens (primary N) is 1. The number of anilines is 1. The van der Waals surface area contributed by atoms with Crippen molar-refractivity contribution in [1.82, 2.24) is 20.4 Å². The Bertz CT molecular complexity index is 932. The highest BCUT2D eigenvalue weighted by Gasteiger charge is 2.23. The predicted molar refractivity (Wildman–Crippen MR) is 116 cm³/mol. The van der Waals surface area contributed by atoms with Crippen molar-refractivity contribution in [3.63, 3.8) is 0 Å². The van der Waals surface area contributed by atoms with E-state index in [9.17, 15) is 0 Å². The Labute approximate surface area is 166 Å². The van der Waals surface area contributed by atoms with Crippen LogP contribution in [-0.4, -0.2) is 29.6 Å². The van der Waals surface area contributed by atoms with Crippen LogP contribution >= 0.6 is 0 Å². The van der Waals surface area contributed by atoms with E-state index in [0.29, 0.717) is 0 Å². The van der Waals surface area contributed by atoms with Gasteiger partial charge in [0.1, 0.15) is 5.82 Å². The van der Waals surface area contributed by atoms with E-state index in [-0.39, 0.29) is 6.04 Å². The standard InChI is InChI=1S/C21H29N7/c1-13-9-20(28(4)27-13)26-19-7-8-25-21(14(2)23)17-6-5-15(10-18(17)19)16(11-22)12-24-3/h5-6,9-12,19,22,24-26H,7-8,23H2,1-4H3/b16-12+,21-14-,22-11?. The number of rotatable bonds is 5. The molecule has 1 aliphatic heterocycles. The lowest BCUT2D eigenvalue weighted by atomic mass is 9.93. The lowest BCUT2D eigenvalue weighted by molar-refractivity contribution is 0.665. The van der Waals surface area contributed by atoms with Gasteiger partial charge in [-0.25, -0.2) is 0 Å². The zero-order valence-corrected chi connectivity index (χ0v) is 16.9. The third-order valence-electron chi connectivity index (χ3n) is 4.94. The molecule has 0 amide bonds. The fourth-order valence-corrected chi connectivity index (χ4v) is 3.64. The van der Waals surface area contributed by atoms with Gasteiger partial charge in [0.05, 0.1) is 17.4 Å². The van der Waals surface area contributed by atoms with E-state index < -0.39 is 0 Å². The summed E-state index contributed by atoms with van der Waals surface area (Å²) in [6.45, 7) is 4.72. The van der Waals surface area contributed by atoms with E-state index in [1.54, 1.807) is 0 Å². The van der Waals surface area contributed by atoms with Crippen molar-refractivity contribution in [3.05, 3.63) is 58.5 Å². The van der Waals surface area contributed by atoms with Gasteiger partial charge < -0.3 is 27.1 Å². The Balaban J connectivity index is 2.11. The number of hydrogen-bond acceptors (Lipinski definition) is 6. The summed E-state index contributed by atoms with van der Waals surface area (Å²) in [7, 11) is 3.78. The summed E-state index contributed by atoms with van der Waals surface area (Å²) in [5, 5.41) is 22.3. The Morgan fingerprint density at radius 1 is 1.39 bits per heavy atom. The fraction of sp³-hybridized carbons (Fsp3) is 0.333. The van der Waals surface area contributed by atoms with Crippen LogP contribution in [-0.2, 0) is 7.05 Å². The molecule has 0 fully saturated rings. The number of aromatic nitrogens is 2. The van der Waals surface area contributed by atoms with Gasteiger partial charge in [0.15, 0.2) is 0 Å². The molecule has 0 saturated carbocycles. The first-order chi connectivity index (χ1) is 13.4. The van der Waals surface area contributed by atoms with Crippen LogP contribution in [0.3, 0.4) is 0 Å². The van der Waals surface area contributed by atoms with Crippen molar-refractivity contribution in [3.8, 4) is 0 Å². The van der Waals surface area contributed by atoms with Crippen molar-refractivity contribution in [2.75, 3.05) is 18.9 Å². The van der Waals surface area contributed by atoms with Gasteiger partial charge >= 0.3 is 0 Å². The summed E-state index contributed by atoms with van der Waals surface area (Å²) in [5.41, 5.74) is 13.0.